The van der Waals surface area contributed by atoms with Crippen LogP contribution in [0.15, 0.2) is 30.5 Å². The zero-order valence-electron chi connectivity index (χ0n) is 8.70. The molecule has 2 rings (SSSR count). The minimum atomic E-state index is -0.269. The van der Waals surface area contributed by atoms with Gasteiger partial charge in [-0.2, -0.15) is 0 Å². The maximum absolute atomic E-state index is 13.4. The van der Waals surface area contributed by atoms with Gasteiger partial charge in [0.1, 0.15) is 17.1 Å². The first-order valence-electron chi connectivity index (χ1n) is 4.88. The van der Waals surface area contributed by atoms with Gasteiger partial charge in [0.25, 0.3) is 0 Å². The quantitative estimate of drug-likeness (QED) is 0.751. The van der Waals surface area contributed by atoms with E-state index in [1.807, 2.05) is 13.8 Å². The molecule has 2 nitrogen and oxygen atoms in total. The molecule has 0 spiro atoms. The smallest absolute Gasteiger partial charge is 0.146 e. The first-order valence-corrected chi connectivity index (χ1v) is 4.88. The number of ether oxygens (including phenoxy) is 1. The zero-order valence-corrected chi connectivity index (χ0v) is 8.70. The van der Waals surface area contributed by atoms with E-state index in [-0.39, 0.29) is 11.9 Å². The summed E-state index contributed by atoms with van der Waals surface area (Å²) in [6.45, 7) is 3.86. The highest BCUT2D eigenvalue weighted by Crippen LogP contribution is 2.26. The molecule has 0 fully saturated rings. The van der Waals surface area contributed by atoms with E-state index in [1.54, 1.807) is 24.4 Å². The third kappa shape index (κ3) is 1.91. The van der Waals surface area contributed by atoms with Crippen LogP contribution in [0.25, 0.3) is 10.9 Å². The topological polar surface area (TPSA) is 22.1 Å². The number of halogens is 1. The fourth-order valence-electron chi connectivity index (χ4n) is 1.46. The summed E-state index contributed by atoms with van der Waals surface area (Å²) in [6.07, 6.45) is 1.69. The molecule has 0 aliphatic heterocycles. The number of pyridine rings is 1. The number of nitrogens with zero attached hydrogens (tertiary/aromatic N) is 1. The van der Waals surface area contributed by atoms with Gasteiger partial charge in [0.05, 0.1) is 6.10 Å². The molecule has 1 heterocycles. The largest absolute Gasteiger partial charge is 0.489 e. The lowest BCUT2D eigenvalue weighted by Gasteiger charge is -2.11. The highest BCUT2D eigenvalue weighted by molar-refractivity contribution is 5.84. The van der Waals surface area contributed by atoms with Gasteiger partial charge in [-0.15, -0.1) is 0 Å². The van der Waals surface area contributed by atoms with E-state index in [9.17, 15) is 4.39 Å². The van der Waals surface area contributed by atoms with Crippen LogP contribution >= 0.6 is 0 Å². The first-order chi connectivity index (χ1) is 7.18. The van der Waals surface area contributed by atoms with Crippen LogP contribution in [0, 0.1) is 5.82 Å². The van der Waals surface area contributed by atoms with Crippen molar-refractivity contribution in [2.24, 2.45) is 0 Å². The highest BCUT2D eigenvalue weighted by Gasteiger charge is 2.08. The van der Waals surface area contributed by atoms with Crippen molar-refractivity contribution in [3.8, 4) is 5.75 Å². The van der Waals surface area contributed by atoms with Crippen molar-refractivity contribution in [1.82, 2.24) is 4.98 Å². The molecular weight excluding hydrogens is 193 g/mol. The summed E-state index contributed by atoms with van der Waals surface area (Å²) in [5.74, 6) is 0.358. The van der Waals surface area contributed by atoms with E-state index < -0.39 is 0 Å². The summed E-state index contributed by atoms with van der Waals surface area (Å²) in [7, 11) is 0. The predicted octanol–water partition coefficient (Wildman–Crippen LogP) is 3.16. The predicted molar refractivity (Wildman–Crippen MR) is 57.5 cm³/mol. The SMILES string of the molecule is CC(C)Oc1ccc(F)c2cccnc12. The lowest BCUT2D eigenvalue weighted by Crippen LogP contribution is -2.06. The molecule has 0 aliphatic rings. The monoisotopic (exact) mass is 205 g/mol. The average molecular weight is 205 g/mol. The van der Waals surface area contributed by atoms with Crippen molar-refractivity contribution in [3.05, 3.63) is 36.3 Å². The summed E-state index contributed by atoms with van der Waals surface area (Å²) in [5.41, 5.74) is 0.575. The molecule has 0 bridgehead atoms. The number of hydrogen-bond acceptors (Lipinski definition) is 2. The summed E-state index contributed by atoms with van der Waals surface area (Å²) in [4.78, 5) is 4.13. The minimum absolute atomic E-state index is 0.0562. The fraction of sp³-hybridized carbons (Fsp3) is 0.250. The van der Waals surface area contributed by atoms with Gasteiger partial charge in [0, 0.05) is 11.6 Å². The van der Waals surface area contributed by atoms with Gasteiger partial charge < -0.3 is 4.74 Å². The maximum atomic E-state index is 13.4. The normalized spacial score (nSPS) is 10.9. The van der Waals surface area contributed by atoms with Crippen LogP contribution in [0.5, 0.6) is 5.75 Å². The minimum Gasteiger partial charge on any atom is -0.489 e. The van der Waals surface area contributed by atoms with Gasteiger partial charge in [0.15, 0.2) is 0 Å². The molecular formula is C12H12FNO. The van der Waals surface area contributed by atoms with Gasteiger partial charge in [-0.3, -0.25) is 4.98 Å². The van der Waals surface area contributed by atoms with Crippen molar-refractivity contribution in [2.45, 2.75) is 20.0 Å². The Bertz CT molecular complexity index is 482. The number of aromatic nitrogens is 1. The molecule has 78 valence electrons. The zero-order chi connectivity index (χ0) is 10.8. The van der Waals surface area contributed by atoms with Crippen molar-refractivity contribution in [3.63, 3.8) is 0 Å². The summed E-state index contributed by atoms with van der Waals surface area (Å²) in [6, 6.07) is 6.43. The van der Waals surface area contributed by atoms with Gasteiger partial charge in [-0.1, -0.05) is 0 Å². The maximum Gasteiger partial charge on any atom is 0.146 e. The first kappa shape index (κ1) is 9.90. The van der Waals surface area contributed by atoms with E-state index in [0.717, 1.165) is 0 Å². The summed E-state index contributed by atoms with van der Waals surface area (Å²) in [5, 5.41) is 0.496. The lowest BCUT2D eigenvalue weighted by molar-refractivity contribution is 0.245. The highest BCUT2D eigenvalue weighted by atomic mass is 19.1. The number of rotatable bonds is 2. The van der Waals surface area contributed by atoms with E-state index in [1.165, 1.54) is 6.07 Å². The molecule has 0 N–H and O–H groups in total. The van der Waals surface area contributed by atoms with Crippen LogP contribution in [-0.2, 0) is 0 Å². The molecule has 3 heteroatoms. The molecule has 0 unspecified atom stereocenters. The Morgan fingerprint density at radius 3 is 2.80 bits per heavy atom. The Hall–Kier alpha value is -1.64. The summed E-state index contributed by atoms with van der Waals surface area (Å²) < 4.78 is 19.0. The Labute approximate surface area is 87.7 Å². The van der Waals surface area contributed by atoms with Crippen LogP contribution in [0.2, 0.25) is 0 Å². The molecule has 15 heavy (non-hydrogen) atoms. The molecule has 1 aromatic heterocycles. The Morgan fingerprint density at radius 1 is 1.27 bits per heavy atom. The molecule has 0 saturated carbocycles. The molecule has 0 aliphatic carbocycles. The fourth-order valence-corrected chi connectivity index (χ4v) is 1.46. The van der Waals surface area contributed by atoms with E-state index in [0.29, 0.717) is 16.7 Å². The van der Waals surface area contributed by atoms with E-state index >= 15 is 0 Å². The Morgan fingerprint density at radius 2 is 2.07 bits per heavy atom. The second kappa shape index (κ2) is 3.85. The van der Waals surface area contributed by atoms with Gasteiger partial charge in [-0.25, -0.2) is 4.39 Å². The molecule has 0 atom stereocenters. The Kier molecular flexibility index (Phi) is 2.54. The van der Waals surface area contributed by atoms with Crippen LogP contribution in [0.3, 0.4) is 0 Å². The standard InChI is InChI=1S/C12H12FNO/c1-8(2)15-11-6-5-10(13)9-4-3-7-14-12(9)11/h3-8H,1-2H3. The number of fused-ring (bicyclic) bond motifs is 1. The Balaban J connectivity index is 2.61. The molecule has 0 amide bonds. The van der Waals surface area contributed by atoms with Crippen LogP contribution in [-0.4, -0.2) is 11.1 Å². The van der Waals surface area contributed by atoms with Crippen LogP contribution < -0.4 is 4.74 Å². The second-order valence-corrected chi connectivity index (χ2v) is 3.61. The average Bonchev–Trinajstić information content (AvgIpc) is 2.22. The van der Waals surface area contributed by atoms with Gasteiger partial charge in [-0.05, 0) is 38.1 Å². The third-order valence-electron chi connectivity index (χ3n) is 2.04. The van der Waals surface area contributed by atoms with Gasteiger partial charge in [0.2, 0.25) is 0 Å². The number of benzene rings is 1. The lowest BCUT2D eigenvalue weighted by atomic mass is 10.2. The van der Waals surface area contributed by atoms with Crippen molar-refractivity contribution in [1.29, 1.82) is 0 Å². The van der Waals surface area contributed by atoms with E-state index in [2.05, 4.69) is 4.98 Å². The van der Waals surface area contributed by atoms with Crippen molar-refractivity contribution < 1.29 is 9.13 Å². The van der Waals surface area contributed by atoms with Crippen molar-refractivity contribution in [2.75, 3.05) is 0 Å². The molecule has 1 aromatic carbocycles. The van der Waals surface area contributed by atoms with Crippen molar-refractivity contribution >= 4 is 10.9 Å². The van der Waals surface area contributed by atoms with E-state index in [4.69, 9.17) is 4.74 Å². The summed E-state index contributed by atoms with van der Waals surface area (Å²) >= 11 is 0. The molecule has 0 radical (unpaired) electrons. The molecule has 0 saturated heterocycles. The second-order valence-electron chi connectivity index (χ2n) is 3.61. The van der Waals surface area contributed by atoms with Crippen LogP contribution in [0.4, 0.5) is 4.39 Å². The van der Waals surface area contributed by atoms with Gasteiger partial charge >= 0.3 is 0 Å². The third-order valence-corrected chi connectivity index (χ3v) is 2.04. The molecule has 2 aromatic rings. The number of hydrogen-bond donors (Lipinski definition) is 0. The van der Waals surface area contributed by atoms with Crippen LogP contribution in [0.1, 0.15) is 13.8 Å².